The topological polar surface area (TPSA) is 191 Å². The van der Waals surface area contributed by atoms with Crippen LogP contribution < -0.4 is 35.5 Å². The third-order valence-electron chi connectivity index (χ3n) is 9.57. The van der Waals surface area contributed by atoms with Gasteiger partial charge in [-0.05, 0) is 122 Å². The van der Waals surface area contributed by atoms with Gasteiger partial charge in [-0.25, -0.2) is 4.79 Å². The summed E-state index contributed by atoms with van der Waals surface area (Å²) in [6.07, 6.45) is 1.26. The number of unbranched alkanes of at least 4 members (excludes halogenated alkanes) is 2. The van der Waals surface area contributed by atoms with Crippen molar-refractivity contribution >= 4 is 57.6 Å². The van der Waals surface area contributed by atoms with Crippen molar-refractivity contribution in [2.75, 3.05) is 35.7 Å². The lowest BCUT2D eigenvalue weighted by Crippen LogP contribution is -2.27. The molecule has 0 saturated heterocycles. The molecule has 4 amide bonds. The van der Waals surface area contributed by atoms with Crippen LogP contribution in [0.5, 0.6) is 17.2 Å². The van der Waals surface area contributed by atoms with Crippen LogP contribution in [0.25, 0.3) is 10.8 Å². The predicted octanol–water partition coefficient (Wildman–Crippen LogP) is 10.7. The molecule has 0 aromatic heterocycles. The molecule has 0 aliphatic rings. The Morgan fingerprint density at radius 2 is 1.08 bits per heavy atom. The molecule has 0 aliphatic heterocycles. The summed E-state index contributed by atoms with van der Waals surface area (Å²) in [6.45, 7) is 14.4. The molecule has 0 bridgehead atoms. The third-order valence-corrected chi connectivity index (χ3v) is 9.57. The number of aliphatic carboxylic acids is 1. The second-order valence-corrected chi connectivity index (χ2v) is 17.5. The number of hydrogen-bond donors (Lipinski definition) is 5. The Morgan fingerprint density at radius 1 is 0.569 bits per heavy atom. The van der Waals surface area contributed by atoms with Gasteiger partial charge in [0.1, 0.15) is 29.5 Å². The van der Waals surface area contributed by atoms with Gasteiger partial charge < -0.3 is 40.0 Å². The molecule has 65 heavy (non-hydrogen) atoms. The molecule has 0 fully saturated rings. The number of carbonyl (C=O) groups excluding carboxylic acids is 4. The van der Waals surface area contributed by atoms with Crippen LogP contribution in [0.15, 0.2) is 97.1 Å². The fourth-order valence-corrected chi connectivity index (χ4v) is 6.35. The number of hydrogen-bond acceptors (Lipinski definition) is 9. The van der Waals surface area contributed by atoms with Crippen LogP contribution in [0.2, 0.25) is 0 Å². The zero-order chi connectivity index (χ0) is 47.1. The average molecular weight is 889 g/mol. The summed E-state index contributed by atoms with van der Waals surface area (Å²) in [7, 11) is 0. The Morgan fingerprint density at radius 3 is 1.60 bits per heavy atom. The first-order valence-corrected chi connectivity index (χ1v) is 21.8. The molecule has 0 saturated carbocycles. The molecule has 344 valence electrons. The van der Waals surface area contributed by atoms with Gasteiger partial charge in [0.25, 0.3) is 17.7 Å². The number of fused-ring (bicyclic) bond motifs is 1. The normalized spacial score (nSPS) is 11.2. The Bertz CT molecular complexity index is 2480. The summed E-state index contributed by atoms with van der Waals surface area (Å²) < 4.78 is 23.9. The lowest BCUT2D eigenvalue weighted by atomic mass is 10.1. The van der Waals surface area contributed by atoms with Crippen LogP contribution in [-0.4, -0.2) is 60.3 Å². The van der Waals surface area contributed by atoms with Crippen molar-refractivity contribution in [3.63, 3.8) is 0 Å². The van der Waals surface area contributed by atoms with Crippen LogP contribution in [-0.2, 0) is 16.1 Å². The largest absolute Gasteiger partial charge is 0.491 e. The number of nitrogens with one attached hydrogen (secondary N) is 4. The molecule has 5 aromatic rings. The average Bonchev–Trinajstić information content (AvgIpc) is 3.25. The van der Waals surface area contributed by atoms with E-state index in [4.69, 9.17) is 24.1 Å². The highest BCUT2D eigenvalue weighted by atomic mass is 16.6. The fourth-order valence-electron chi connectivity index (χ4n) is 6.35. The fraction of sp³-hybridized carbons (Fsp3) is 0.353. The molecule has 0 radical (unpaired) electrons. The summed E-state index contributed by atoms with van der Waals surface area (Å²) in [5.41, 5.74) is 1.92. The lowest BCUT2D eigenvalue weighted by Gasteiger charge is -2.21. The minimum atomic E-state index is -0.847. The summed E-state index contributed by atoms with van der Waals surface area (Å²) in [5.74, 6) is -1.03. The van der Waals surface area contributed by atoms with Crippen molar-refractivity contribution in [1.29, 1.82) is 0 Å². The SMILES string of the molecule is CC(C)COc1cc(C(=O)Nc2ccc(C(=O)Nc3ccc(C(=O)NCCCCCC(=O)O)cc3OCC(C)C)cc2OCc2ccc3ccccc3c2)ccc1NC(=O)OC(C)(C)C. The lowest BCUT2D eigenvalue weighted by molar-refractivity contribution is -0.137. The monoisotopic (exact) mass is 888 g/mol. The number of benzene rings is 5. The smallest absolute Gasteiger partial charge is 0.412 e. The first-order valence-electron chi connectivity index (χ1n) is 21.8. The minimum Gasteiger partial charge on any atom is -0.491 e. The Labute approximate surface area is 380 Å². The second-order valence-electron chi connectivity index (χ2n) is 17.5. The van der Waals surface area contributed by atoms with E-state index in [1.165, 1.54) is 0 Å². The zero-order valence-electron chi connectivity index (χ0n) is 38.2. The maximum absolute atomic E-state index is 14.0. The summed E-state index contributed by atoms with van der Waals surface area (Å²) in [4.78, 5) is 64.4. The van der Waals surface area contributed by atoms with E-state index in [-0.39, 0.29) is 53.4 Å². The van der Waals surface area contributed by atoms with Gasteiger partial charge in [0.05, 0.1) is 30.3 Å². The van der Waals surface area contributed by atoms with E-state index in [0.29, 0.717) is 67.4 Å². The van der Waals surface area contributed by atoms with E-state index in [2.05, 4.69) is 21.3 Å². The number of anilines is 3. The summed E-state index contributed by atoms with van der Waals surface area (Å²) in [6, 6.07) is 28.1. The van der Waals surface area contributed by atoms with Gasteiger partial charge in [-0.2, -0.15) is 0 Å². The molecule has 5 aromatic carbocycles. The Kier molecular flexibility index (Phi) is 17.3. The van der Waals surface area contributed by atoms with Crippen LogP contribution in [0.3, 0.4) is 0 Å². The van der Waals surface area contributed by atoms with Crippen molar-refractivity contribution < 1.29 is 48.0 Å². The number of carboxylic acid groups (broad SMARTS) is 1. The number of ether oxygens (including phenoxy) is 4. The van der Waals surface area contributed by atoms with Gasteiger partial charge in [0.2, 0.25) is 0 Å². The molecular weight excluding hydrogens is 829 g/mol. The Balaban J connectivity index is 1.40. The second kappa shape index (κ2) is 23.0. The maximum Gasteiger partial charge on any atom is 0.412 e. The molecule has 0 unspecified atom stereocenters. The van der Waals surface area contributed by atoms with Gasteiger partial charge in [-0.15, -0.1) is 0 Å². The quantitative estimate of drug-likeness (QED) is 0.0443. The first-order chi connectivity index (χ1) is 30.9. The highest BCUT2D eigenvalue weighted by Crippen LogP contribution is 2.33. The molecule has 14 nitrogen and oxygen atoms in total. The van der Waals surface area contributed by atoms with Gasteiger partial charge in [0.15, 0.2) is 0 Å². The summed E-state index contributed by atoms with van der Waals surface area (Å²) in [5, 5.41) is 22.4. The maximum atomic E-state index is 14.0. The molecule has 0 atom stereocenters. The van der Waals surface area contributed by atoms with Gasteiger partial charge >= 0.3 is 12.1 Å². The number of amides is 4. The standard InChI is InChI=1S/C51H60N4O10/c1-32(2)29-62-43-26-37(47(58)52-24-12-8-9-15-46(56)57)18-21-40(43)53-48(59)38-19-22-41(44(27-38)64-31-34-16-17-35-13-10-11-14-36(35)25-34)54-49(60)39-20-23-42(45(28-39)63-30-33(3)4)55-50(61)65-51(5,6)7/h10-11,13-14,16-23,25-28,32-33H,8-9,12,15,24,29-31H2,1-7H3,(H,52,58)(H,53,59)(H,54,60)(H,55,61)(H,56,57). The van der Waals surface area contributed by atoms with Gasteiger partial charge in [-0.1, -0.05) is 70.5 Å². The van der Waals surface area contributed by atoms with Crippen LogP contribution in [0.1, 0.15) is 111 Å². The van der Waals surface area contributed by atoms with Gasteiger partial charge in [-0.3, -0.25) is 24.5 Å². The first kappa shape index (κ1) is 48.9. The van der Waals surface area contributed by atoms with Crippen LogP contribution in [0, 0.1) is 11.8 Å². The van der Waals surface area contributed by atoms with Gasteiger partial charge in [0, 0.05) is 29.7 Å². The molecule has 0 heterocycles. The summed E-state index contributed by atoms with van der Waals surface area (Å²) >= 11 is 0. The van der Waals surface area contributed by atoms with Crippen LogP contribution >= 0.6 is 0 Å². The van der Waals surface area contributed by atoms with E-state index in [0.717, 1.165) is 16.3 Å². The number of rotatable bonds is 21. The number of carboxylic acids is 1. The van der Waals surface area contributed by atoms with Crippen molar-refractivity contribution in [1.82, 2.24) is 5.32 Å². The molecule has 14 heteroatoms. The molecular formula is C51H60N4O10. The van der Waals surface area contributed by atoms with E-state index in [1.54, 1.807) is 75.4 Å². The van der Waals surface area contributed by atoms with Crippen molar-refractivity contribution in [2.45, 2.75) is 86.4 Å². The third kappa shape index (κ3) is 15.6. The van der Waals surface area contributed by atoms with E-state index in [1.807, 2.05) is 70.2 Å². The number of carbonyl (C=O) groups is 5. The van der Waals surface area contributed by atoms with Crippen molar-refractivity contribution in [3.05, 3.63) is 119 Å². The molecule has 5 rings (SSSR count). The predicted molar refractivity (Wildman–Crippen MR) is 252 cm³/mol. The highest BCUT2D eigenvalue weighted by molar-refractivity contribution is 6.08. The van der Waals surface area contributed by atoms with E-state index < -0.39 is 29.5 Å². The highest BCUT2D eigenvalue weighted by Gasteiger charge is 2.21. The van der Waals surface area contributed by atoms with E-state index >= 15 is 0 Å². The molecule has 0 aliphatic carbocycles. The van der Waals surface area contributed by atoms with Crippen LogP contribution in [0.4, 0.5) is 21.9 Å². The minimum absolute atomic E-state index is 0.0851. The Hall–Kier alpha value is -7.09. The van der Waals surface area contributed by atoms with Crippen molar-refractivity contribution in [2.24, 2.45) is 11.8 Å². The molecule has 0 spiro atoms. The van der Waals surface area contributed by atoms with E-state index in [9.17, 15) is 24.0 Å². The van der Waals surface area contributed by atoms with Crippen molar-refractivity contribution in [3.8, 4) is 17.2 Å². The molecule has 5 N–H and O–H groups in total. The zero-order valence-corrected chi connectivity index (χ0v) is 38.2.